The molecule has 1 aromatic rings. The van der Waals surface area contributed by atoms with Gasteiger partial charge in [0.05, 0.1) is 11.4 Å². The molecule has 116 valence electrons. The zero-order valence-corrected chi connectivity index (χ0v) is 12.2. The normalized spacial score (nSPS) is 11.8. The van der Waals surface area contributed by atoms with Gasteiger partial charge in [0.2, 0.25) is 0 Å². The summed E-state index contributed by atoms with van der Waals surface area (Å²) in [6.07, 6.45) is 0.790. The molecule has 0 radical (unpaired) electrons. The second-order valence-electron chi connectivity index (χ2n) is 4.43. The summed E-state index contributed by atoms with van der Waals surface area (Å²) in [6, 6.07) is -1.69. The summed E-state index contributed by atoms with van der Waals surface area (Å²) in [5.41, 5.74) is 1.29. The van der Waals surface area contributed by atoms with Gasteiger partial charge in [0, 0.05) is 13.7 Å². The molecule has 2 amide bonds. The molecule has 0 saturated carbocycles. The predicted molar refractivity (Wildman–Crippen MR) is 74.0 cm³/mol. The average molecular weight is 297 g/mol. The average Bonchev–Trinajstić information content (AvgIpc) is 2.42. The number of carbonyl (C=O) groups excluding carboxylic acids is 1. The first kappa shape index (κ1) is 16.8. The minimum absolute atomic E-state index is 0.0247. The summed E-state index contributed by atoms with van der Waals surface area (Å²) in [6.45, 7) is 3.91. The predicted octanol–water partition coefficient (Wildman–Crippen LogP) is 0.490. The van der Waals surface area contributed by atoms with Crippen molar-refractivity contribution in [3.8, 4) is 0 Å². The number of nitrogens with zero attached hydrogens (tertiary/aromatic N) is 3. The summed E-state index contributed by atoms with van der Waals surface area (Å²) in [7, 11) is 1.53. The molecule has 0 saturated heterocycles. The quantitative estimate of drug-likeness (QED) is 0.625. The van der Waals surface area contributed by atoms with Crippen LogP contribution in [0.1, 0.15) is 24.2 Å². The number of nitrogens with one attached hydrogen (secondary N) is 2. The van der Waals surface area contributed by atoms with Gasteiger partial charge >= 0.3 is 12.0 Å². The number of carboxylic acids is 1. The van der Waals surface area contributed by atoms with E-state index in [1.54, 1.807) is 13.8 Å². The van der Waals surface area contributed by atoms with Crippen LogP contribution in [0.15, 0.2) is 0 Å². The van der Waals surface area contributed by atoms with Crippen LogP contribution in [0.25, 0.3) is 0 Å². The van der Waals surface area contributed by atoms with Crippen molar-refractivity contribution in [1.82, 2.24) is 20.5 Å². The minimum atomic E-state index is -1.11. The van der Waals surface area contributed by atoms with E-state index in [9.17, 15) is 9.59 Å². The number of amides is 2. The fraction of sp³-hybridized carbons (Fsp3) is 0.583. The number of rotatable bonds is 7. The standard InChI is InChI=1S/C12H19N5O4/c1-7-8(2)16-17-11(13-7)15-12(20)14-9(10(18)19)5-4-6-21-3/h9H,4-6H2,1-3H3,(H,18,19)(H2,13,14,15,17,20). The Hall–Kier alpha value is -2.29. The van der Waals surface area contributed by atoms with Gasteiger partial charge in [0.25, 0.3) is 5.95 Å². The molecular formula is C12H19N5O4. The first-order valence-corrected chi connectivity index (χ1v) is 6.41. The maximum atomic E-state index is 11.7. The Morgan fingerprint density at radius 1 is 1.29 bits per heavy atom. The summed E-state index contributed by atoms with van der Waals surface area (Å²) in [5, 5.41) is 21.3. The Morgan fingerprint density at radius 2 is 2.00 bits per heavy atom. The molecule has 0 aliphatic carbocycles. The maximum absolute atomic E-state index is 11.7. The number of hydrogen-bond acceptors (Lipinski definition) is 6. The van der Waals surface area contributed by atoms with Gasteiger partial charge in [-0.2, -0.15) is 5.10 Å². The van der Waals surface area contributed by atoms with Crippen LogP contribution >= 0.6 is 0 Å². The summed E-state index contributed by atoms with van der Waals surface area (Å²) in [5.74, 6) is -1.09. The molecule has 0 spiro atoms. The van der Waals surface area contributed by atoms with E-state index in [4.69, 9.17) is 9.84 Å². The summed E-state index contributed by atoms with van der Waals surface area (Å²) in [4.78, 5) is 26.8. The lowest BCUT2D eigenvalue weighted by Gasteiger charge is -2.14. The number of urea groups is 1. The van der Waals surface area contributed by atoms with Crippen LogP contribution in [0.2, 0.25) is 0 Å². The Bertz CT molecular complexity index is 508. The largest absolute Gasteiger partial charge is 0.480 e. The third-order valence-electron chi connectivity index (χ3n) is 2.76. The fourth-order valence-corrected chi connectivity index (χ4v) is 1.49. The lowest BCUT2D eigenvalue weighted by atomic mass is 10.1. The van der Waals surface area contributed by atoms with Crippen molar-refractivity contribution < 1.29 is 19.4 Å². The van der Waals surface area contributed by atoms with E-state index in [1.807, 2.05) is 0 Å². The highest BCUT2D eigenvalue weighted by atomic mass is 16.5. The topological polar surface area (TPSA) is 126 Å². The zero-order valence-electron chi connectivity index (χ0n) is 12.2. The Kier molecular flexibility index (Phi) is 6.47. The summed E-state index contributed by atoms with van der Waals surface area (Å²) >= 11 is 0. The van der Waals surface area contributed by atoms with Crippen LogP contribution in [-0.4, -0.2) is 52.0 Å². The van der Waals surface area contributed by atoms with Crippen molar-refractivity contribution >= 4 is 17.9 Å². The molecule has 1 atom stereocenters. The van der Waals surface area contributed by atoms with Gasteiger partial charge in [0.15, 0.2) is 0 Å². The third kappa shape index (κ3) is 5.69. The van der Waals surface area contributed by atoms with Crippen LogP contribution < -0.4 is 10.6 Å². The van der Waals surface area contributed by atoms with E-state index < -0.39 is 18.0 Å². The fourth-order valence-electron chi connectivity index (χ4n) is 1.49. The highest BCUT2D eigenvalue weighted by Crippen LogP contribution is 2.03. The van der Waals surface area contributed by atoms with E-state index in [0.29, 0.717) is 24.4 Å². The van der Waals surface area contributed by atoms with E-state index >= 15 is 0 Å². The second kappa shape index (κ2) is 8.10. The SMILES string of the molecule is COCCCC(NC(=O)Nc1nnc(C)c(C)n1)C(=O)O. The van der Waals surface area contributed by atoms with Crippen molar-refractivity contribution in [2.75, 3.05) is 19.0 Å². The number of aryl methyl sites for hydroxylation is 2. The molecule has 3 N–H and O–H groups in total. The number of carbonyl (C=O) groups is 2. The van der Waals surface area contributed by atoms with Crippen LogP contribution in [0.4, 0.5) is 10.7 Å². The molecule has 1 rings (SSSR count). The van der Waals surface area contributed by atoms with Gasteiger partial charge in [-0.25, -0.2) is 14.6 Å². The van der Waals surface area contributed by atoms with Crippen molar-refractivity contribution in [3.63, 3.8) is 0 Å². The third-order valence-corrected chi connectivity index (χ3v) is 2.76. The number of ether oxygens (including phenoxy) is 1. The van der Waals surface area contributed by atoms with Crippen LogP contribution in [0.5, 0.6) is 0 Å². The number of carboxylic acid groups (broad SMARTS) is 1. The first-order chi connectivity index (χ1) is 9.93. The van der Waals surface area contributed by atoms with Crippen molar-refractivity contribution in [1.29, 1.82) is 0 Å². The van der Waals surface area contributed by atoms with E-state index in [0.717, 1.165) is 0 Å². The number of hydrogen-bond donors (Lipinski definition) is 3. The molecular weight excluding hydrogens is 278 g/mol. The van der Waals surface area contributed by atoms with Gasteiger partial charge in [-0.15, -0.1) is 5.10 Å². The molecule has 0 aromatic carbocycles. The lowest BCUT2D eigenvalue weighted by molar-refractivity contribution is -0.139. The number of aromatic nitrogens is 3. The van der Waals surface area contributed by atoms with E-state index in [-0.39, 0.29) is 12.4 Å². The Morgan fingerprint density at radius 3 is 2.57 bits per heavy atom. The van der Waals surface area contributed by atoms with Crippen molar-refractivity contribution in [3.05, 3.63) is 11.4 Å². The van der Waals surface area contributed by atoms with Crippen molar-refractivity contribution in [2.45, 2.75) is 32.7 Å². The van der Waals surface area contributed by atoms with Gasteiger partial charge in [-0.05, 0) is 26.7 Å². The number of methoxy groups -OCH3 is 1. The van der Waals surface area contributed by atoms with Crippen molar-refractivity contribution in [2.24, 2.45) is 0 Å². The lowest BCUT2D eigenvalue weighted by Crippen LogP contribution is -2.43. The monoisotopic (exact) mass is 297 g/mol. The molecule has 9 heteroatoms. The van der Waals surface area contributed by atoms with Crippen LogP contribution in [0, 0.1) is 13.8 Å². The van der Waals surface area contributed by atoms with E-state index in [2.05, 4.69) is 25.8 Å². The number of aliphatic carboxylic acids is 1. The van der Waals surface area contributed by atoms with Crippen LogP contribution in [0.3, 0.4) is 0 Å². The molecule has 21 heavy (non-hydrogen) atoms. The van der Waals surface area contributed by atoms with Gasteiger partial charge in [-0.3, -0.25) is 5.32 Å². The van der Waals surface area contributed by atoms with Crippen LogP contribution in [-0.2, 0) is 9.53 Å². The molecule has 1 heterocycles. The molecule has 9 nitrogen and oxygen atoms in total. The van der Waals surface area contributed by atoms with Gasteiger partial charge < -0.3 is 15.2 Å². The number of anilines is 1. The smallest absolute Gasteiger partial charge is 0.326 e. The highest BCUT2D eigenvalue weighted by Gasteiger charge is 2.20. The van der Waals surface area contributed by atoms with Gasteiger partial charge in [0.1, 0.15) is 6.04 Å². The molecule has 0 aliphatic heterocycles. The Balaban J connectivity index is 2.56. The maximum Gasteiger partial charge on any atom is 0.326 e. The minimum Gasteiger partial charge on any atom is -0.480 e. The van der Waals surface area contributed by atoms with E-state index in [1.165, 1.54) is 7.11 Å². The molecule has 1 unspecified atom stereocenters. The summed E-state index contributed by atoms with van der Waals surface area (Å²) < 4.78 is 4.85. The molecule has 0 fully saturated rings. The highest BCUT2D eigenvalue weighted by molar-refractivity contribution is 5.90. The second-order valence-corrected chi connectivity index (χ2v) is 4.43. The Labute approximate surface area is 122 Å². The zero-order chi connectivity index (χ0) is 15.8. The molecule has 0 bridgehead atoms. The van der Waals surface area contributed by atoms with Gasteiger partial charge in [-0.1, -0.05) is 0 Å². The first-order valence-electron chi connectivity index (χ1n) is 6.41. The molecule has 0 aliphatic rings. The molecule has 1 aromatic heterocycles.